The third-order valence-electron chi connectivity index (χ3n) is 3.83. The van der Waals surface area contributed by atoms with Crippen molar-refractivity contribution in [1.82, 2.24) is 15.1 Å². The second-order valence-corrected chi connectivity index (χ2v) is 6.97. The first-order valence-electron chi connectivity index (χ1n) is 8.90. The fourth-order valence-electron chi connectivity index (χ4n) is 2.41. The van der Waals surface area contributed by atoms with Crippen molar-refractivity contribution in [3.63, 3.8) is 0 Å². The lowest BCUT2D eigenvalue weighted by Crippen LogP contribution is -2.48. The average Bonchev–Trinajstić information content (AvgIpc) is 2.50. The molecular weight excluding hydrogens is 294 g/mol. The van der Waals surface area contributed by atoms with Crippen LogP contribution in [0, 0.1) is 0 Å². The van der Waals surface area contributed by atoms with E-state index < -0.39 is 0 Å². The molecule has 0 aromatic carbocycles. The van der Waals surface area contributed by atoms with Crippen LogP contribution in [0.3, 0.4) is 0 Å². The third kappa shape index (κ3) is 11.9. The van der Waals surface area contributed by atoms with Gasteiger partial charge in [-0.2, -0.15) is 0 Å². The second kappa shape index (κ2) is 12.2. The summed E-state index contributed by atoms with van der Waals surface area (Å²) in [5.41, 5.74) is -0.0318. The minimum Gasteiger partial charge on any atom is -0.378 e. The molecule has 1 N–H and O–H groups in total. The van der Waals surface area contributed by atoms with E-state index in [1.807, 2.05) is 7.05 Å². The van der Waals surface area contributed by atoms with Crippen molar-refractivity contribution in [1.29, 1.82) is 0 Å². The molecule has 0 atom stereocenters. The summed E-state index contributed by atoms with van der Waals surface area (Å²) in [7, 11) is 1.93. The first kappa shape index (κ1) is 20.8. The molecule has 0 radical (unpaired) electrons. The number of rotatable bonds is 12. The molecule has 0 bridgehead atoms. The normalized spacial score (nSPS) is 17.7. The molecule has 0 saturated carbocycles. The number of nitrogens with zero attached hydrogens (tertiary/aromatic N) is 2. The van der Waals surface area contributed by atoms with E-state index in [1.54, 1.807) is 0 Å². The lowest BCUT2D eigenvalue weighted by molar-refractivity contribution is -0.0193. The smallest absolute Gasteiger partial charge is 0.0701 e. The predicted octanol–water partition coefficient (Wildman–Crippen LogP) is 0.672. The second-order valence-electron chi connectivity index (χ2n) is 6.97. The Labute approximate surface area is 142 Å². The van der Waals surface area contributed by atoms with Gasteiger partial charge in [0.25, 0.3) is 0 Å². The molecule has 0 aromatic heterocycles. The molecule has 0 unspecified atom stereocenters. The van der Waals surface area contributed by atoms with Gasteiger partial charge < -0.3 is 19.5 Å². The largest absolute Gasteiger partial charge is 0.378 e. The van der Waals surface area contributed by atoms with Gasteiger partial charge in [-0.25, -0.2) is 0 Å². The molecular formula is C17H37N3O3. The van der Waals surface area contributed by atoms with Crippen molar-refractivity contribution < 1.29 is 14.2 Å². The van der Waals surface area contributed by atoms with E-state index in [1.165, 1.54) is 0 Å². The monoisotopic (exact) mass is 331 g/mol. The predicted molar refractivity (Wildman–Crippen MR) is 94.1 cm³/mol. The van der Waals surface area contributed by atoms with Gasteiger partial charge in [0.15, 0.2) is 0 Å². The molecule has 0 spiro atoms. The number of hydrogen-bond donors (Lipinski definition) is 1. The number of likely N-dealkylation sites (N-methyl/N-ethyl adjacent to an activating group) is 1. The highest BCUT2D eigenvalue weighted by atomic mass is 16.5. The van der Waals surface area contributed by atoms with Crippen LogP contribution in [0.1, 0.15) is 20.8 Å². The van der Waals surface area contributed by atoms with E-state index in [9.17, 15) is 0 Å². The third-order valence-corrected chi connectivity index (χ3v) is 3.83. The molecule has 0 amide bonds. The summed E-state index contributed by atoms with van der Waals surface area (Å²) in [5, 5.41) is 3.05. The number of piperazine rings is 1. The highest BCUT2D eigenvalue weighted by Gasteiger charge is 2.17. The van der Waals surface area contributed by atoms with Crippen molar-refractivity contribution >= 4 is 0 Å². The molecule has 0 aliphatic carbocycles. The molecule has 1 saturated heterocycles. The standard InChI is InChI=1S/C17H37N3O3/c1-17(2,3)23-14-11-20-8-6-19(7-9-20)10-13-22-16-15-21-12-5-18-4/h18H,5-16H2,1-4H3. The van der Waals surface area contributed by atoms with Crippen LogP contribution in [-0.4, -0.2) is 101 Å². The number of hydrogen-bond acceptors (Lipinski definition) is 6. The zero-order chi connectivity index (χ0) is 17.0. The van der Waals surface area contributed by atoms with Crippen molar-refractivity contribution in [3.05, 3.63) is 0 Å². The van der Waals surface area contributed by atoms with Crippen LogP contribution in [0.25, 0.3) is 0 Å². The molecule has 1 fully saturated rings. The maximum Gasteiger partial charge on any atom is 0.0701 e. The summed E-state index contributed by atoms with van der Waals surface area (Å²) in [6.45, 7) is 17.5. The maximum absolute atomic E-state index is 5.79. The van der Waals surface area contributed by atoms with E-state index in [2.05, 4.69) is 35.9 Å². The highest BCUT2D eigenvalue weighted by molar-refractivity contribution is 4.72. The number of nitrogens with one attached hydrogen (secondary N) is 1. The summed E-state index contributed by atoms with van der Waals surface area (Å²) in [6, 6.07) is 0. The molecule has 6 nitrogen and oxygen atoms in total. The molecule has 23 heavy (non-hydrogen) atoms. The quantitative estimate of drug-likeness (QED) is 0.531. The van der Waals surface area contributed by atoms with E-state index >= 15 is 0 Å². The van der Waals surface area contributed by atoms with E-state index in [0.717, 1.165) is 65.6 Å². The molecule has 6 heteroatoms. The fraction of sp³-hybridized carbons (Fsp3) is 1.00. The molecule has 0 aromatic rings. The van der Waals surface area contributed by atoms with Crippen LogP contribution in [0.15, 0.2) is 0 Å². The van der Waals surface area contributed by atoms with E-state index in [-0.39, 0.29) is 5.60 Å². The minimum atomic E-state index is -0.0318. The van der Waals surface area contributed by atoms with Gasteiger partial charge in [-0.05, 0) is 27.8 Å². The van der Waals surface area contributed by atoms with Gasteiger partial charge in [0.1, 0.15) is 0 Å². The zero-order valence-electron chi connectivity index (χ0n) is 15.6. The van der Waals surface area contributed by atoms with E-state index in [0.29, 0.717) is 13.2 Å². The summed E-state index contributed by atoms with van der Waals surface area (Å²) in [5.74, 6) is 0. The minimum absolute atomic E-state index is 0.0318. The van der Waals surface area contributed by atoms with Crippen molar-refractivity contribution in [2.24, 2.45) is 0 Å². The Morgan fingerprint density at radius 3 is 1.83 bits per heavy atom. The summed E-state index contributed by atoms with van der Waals surface area (Å²) in [4.78, 5) is 4.96. The first-order valence-corrected chi connectivity index (χ1v) is 8.90. The van der Waals surface area contributed by atoms with Crippen LogP contribution in [0.2, 0.25) is 0 Å². The summed E-state index contributed by atoms with van der Waals surface area (Å²) >= 11 is 0. The van der Waals surface area contributed by atoms with Crippen LogP contribution in [-0.2, 0) is 14.2 Å². The van der Waals surface area contributed by atoms with Crippen molar-refractivity contribution in [2.45, 2.75) is 26.4 Å². The van der Waals surface area contributed by atoms with E-state index in [4.69, 9.17) is 14.2 Å². The van der Waals surface area contributed by atoms with Gasteiger partial charge in [0.2, 0.25) is 0 Å². The summed E-state index contributed by atoms with van der Waals surface area (Å²) < 4.78 is 16.8. The lowest BCUT2D eigenvalue weighted by Gasteiger charge is -2.35. The Morgan fingerprint density at radius 1 is 0.783 bits per heavy atom. The molecule has 1 rings (SSSR count). The van der Waals surface area contributed by atoms with Gasteiger partial charge in [0, 0.05) is 45.8 Å². The molecule has 1 aliphatic rings. The fourth-order valence-corrected chi connectivity index (χ4v) is 2.41. The van der Waals surface area contributed by atoms with Crippen LogP contribution in [0.5, 0.6) is 0 Å². The first-order chi connectivity index (χ1) is 11.0. The molecule has 1 heterocycles. The van der Waals surface area contributed by atoms with Gasteiger partial charge in [-0.15, -0.1) is 0 Å². The van der Waals surface area contributed by atoms with Crippen LogP contribution in [0.4, 0.5) is 0 Å². The lowest BCUT2D eigenvalue weighted by atomic mass is 10.2. The molecule has 138 valence electrons. The highest BCUT2D eigenvalue weighted by Crippen LogP contribution is 2.07. The van der Waals surface area contributed by atoms with Gasteiger partial charge >= 0.3 is 0 Å². The SMILES string of the molecule is CNCCOCCOCCN1CCN(CCOC(C)(C)C)CC1. The average molecular weight is 332 g/mol. The van der Waals surface area contributed by atoms with Crippen molar-refractivity contribution in [2.75, 3.05) is 85.9 Å². The summed E-state index contributed by atoms with van der Waals surface area (Å²) in [6.07, 6.45) is 0. The maximum atomic E-state index is 5.79. The zero-order valence-corrected chi connectivity index (χ0v) is 15.6. The Bertz CT molecular complexity index is 277. The van der Waals surface area contributed by atoms with Gasteiger partial charge in [-0.1, -0.05) is 0 Å². The van der Waals surface area contributed by atoms with Crippen LogP contribution >= 0.6 is 0 Å². The Kier molecular flexibility index (Phi) is 11.0. The van der Waals surface area contributed by atoms with Crippen molar-refractivity contribution in [3.8, 4) is 0 Å². The Hall–Kier alpha value is -0.240. The van der Waals surface area contributed by atoms with Crippen LogP contribution < -0.4 is 5.32 Å². The Morgan fingerprint density at radius 2 is 1.30 bits per heavy atom. The number of ether oxygens (including phenoxy) is 3. The topological polar surface area (TPSA) is 46.2 Å². The van der Waals surface area contributed by atoms with Gasteiger partial charge in [-0.3, -0.25) is 9.80 Å². The molecule has 1 aliphatic heterocycles. The van der Waals surface area contributed by atoms with Gasteiger partial charge in [0.05, 0.1) is 38.6 Å². The Balaban J connectivity index is 1.92.